The van der Waals surface area contributed by atoms with Crippen LogP contribution in [0.1, 0.15) is 31.2 Å². The van der Waals surface area contributed by atoms with Crippen molar-refractivity contribution in [3.05, 3.63) is 35.4 Å². The van der Waals surface area contributed by atoms with Crippen LogP contribution in [-0.2, 0) is 10.1 Å². The molecule has 1 aromatic rings. The predicted molar refractivity (Wildman–Crippen MR) is 72.1 cm³/mol. The summed E-state index contributed by atoms with van der Waals surface area (Å²) in [6, 6.07) is 6.69. The van der Waals surface area contributed by atoms with Crippen LogP contribution in [0.5, 0.6) is 0 Å². The predicted octanol–water partition coefficient (Wildman–Crippen LogP) is 3.14. The third-order valence-corrected chi connectivity index (χ3v) is 5.89. The van der Waals surface area contributed by atoms with E-state index in [-0.39, 0.29) is 4.90 Å². The summed E-state index contributed by atoms with van der Waals surface area (Å²) in [4.78, 5) is -0.0204. The molecule has 0 aliphatic heterocycles. The fourth-order valence-corrected chi connectivity index (χ4v) is 4.78. The second kappa shape index (κ2) is 3.70. The Morgan fingerprint density at radius 2 is 1.63 bits per heavy atom. The Balaban J connectivity index is 1.75. The molecule has 0 heterocycles. The van der Waals surface area contributed by atoms with Crippen molar-refractivity contribution in [2.75, 3.05) is 0 Å². The molecular formula is C15H16O3S. The molecule has 5 aliphatic rings. The zero-order valence-electron chi connectivity index (χ0n) is 10.5. The van der Waals surface area contributed by atoms with Gasteiger partial charge in [0.25, 0.3) is 10.1 Å². The molecule has 0 radical (unpaired) electrons. The van der Waals surface area contributed by atoms with Crippen LogP contribution in [0.2, 0.25) is 0 Å². The lowest BCUT2D eigenvalue weighted by atomic mass is 9.51. The van der Waals surface area contributed by atoms with Gasteiger partial charge in [0.05, 0.1) is 4.90 Å². The molecule has 0 aromatic heterocycles. The lowest BCUT2D eigenvalue weighted by Gasteiger charge is -2.54. The number of hydrogen-bond acceptors (Lipinski definition) is 2. The summed E-state index contributed by atoms with van der Waals surface area (Å²) < 4.78 is 31.1. The largest absolute Gasteiger partial charge is 0.294 e. The van der Waals surface area contributed by atoms with Gasteiger partial charge in [-0.3, -0.25) is 4.55 Å². The molecule has 0 spiro atoms. The van der Waals surface area contributed by atoms with E-state index in [1.807, 2.05) is 12.1 Å². The van der Waals surface area contributed by atoms with Crippen molar-refractivity contribution in [3.63, 3.8) is 0 Å². The Labute approximate surface area is 113 Å². The average molecular weight is 276 g/mol. The molecule has 4 heteroatoms. The van der Waals surface area contributed by atoms with E-state index in [2.05, 4.69) is 0 Å². The first-order valence-electron chi connectivity index (χ1n) is 6.83. The maximum atomic E-state index is 11.1. The zero-order valence-corrected chi connectivity index (χ0v) is 11.4. The second-order valence-electron chi connectivity index (χ2n) is 6.10. The lowest BCUT2D eigenvalue weighted by Crippen LogP contribution is -2.41. The summed E-state index contributed by atoms with van der Waals surface area (Å²) in [5.41, 5.74) is 4.23. The van der Waals surface area contributed by atoms with Crippen molar-refractivity contribution >= 4 is 15.7 Å². The maximum Gasteiger partial charge on any atom is 0.294 e. The van der Waals surface area contributed by atoms with Crippen molar-refractivity contribution in [2.45, 2.75) is 30.6 Å². The van der Waals surface area contributed by atoms with Gasteiger partial charge in [-0.1, -0.05) is 17.7 Å². The highest BCUT2D eigenvalue weighted by Crippen LogP contribution is 2.61. The van der Waals surface area contributed by atoms with E-state index < -0.39 is 10.1 Å². The molecule has 19 heavy (non-hydrogen) atoms. The summed E-state index contributed by atoms with van der Waals surface area (Å²) in [6.45, 7) is 0. The van der Waals surface area contributed by atoms with Gasteiger partial charge < -0.3 is 0 Å². The highest BCUT2D eigenvalue weighted by atomic mass is 32.2. The second-order valence-corrected chi connectivity index (χ2v) is 7.53. The van der Waals surface area contributed by atoms with E-state index >= 15 is 0 Å². The fourth-order valence-electron chi connectivity index (χ4n) is 4.30. The summed E-state index contributed by atoms with van der Waals surface area (Å²) in [5.74, 6) is 2.43. The summed E-state index contributed by atoms with van der Waals surface area (Å²) in [6.07, 6.45) is 5.23. The van der Waals surface area contributed by atoms with Crippen LogP contribution >= 0.6 is 0 Å². The highest BCUT2D eigenvalue weighted by molar-refractivity contribution is 7.85. The quantitative estimate of drug-likeness (QED) is 0.844. The van der Waals surface area contributed by atoms with E-state index in [0.717, 1.165) is 29.7 Å². The number of rotatable bonds is 2. The van der Waals surface area contributed by atoms with E-state index in [9.17, 15) is 8.42 Å². The Morgan fingerprint density at radius 3 is 2.16 bits per heavy atom. The molecule has 3 fully saturated rings. The molecule has 0 amide bonds. The molecule has 3 nitrogen and oxygen atoms in total. The van der Waals surface area contributed by atoms with Gasteiger partial charge in [0.1, 0.15) is 0 Å². The van der Waals surface area contributed by atoms with Crippen LogP contribution < -0.4 is 0 Å². The van der Waals surface area contributed by atoms with Crippen molar-refractivity contribution in [2.24, 2.45) is 17.8 Å². The van der Waals surface area contributed by atoms with Crippen LogP contribution in [0, 0.1) is 17.8 Å². The fraction of sp³-hybridized carbons (Fsp3) is 0.467. The van der Waals surface area contributed by atoms with Gasteiger partial charge in [0, 0.05) is 0 Å². The smallest absolute Gasteiger partial charge is 0.282 e. The Bertz CT molecular complexity index is 656. The molecule has 6 rings (SSSR count). The standard InChI is InChI=1S/C15H16O3S/c16-19(17,18)13-3-1-10(2-4-13)14-7-9-5-11-8-12(6-9)15(11)14/h1-4,9,11-12H,5-8H2,(H,16,17,18). The van der Waals surface area contributed by atoms with Crippen molar-refractivity contribution in [1.29, 1.82) is 0 Å². The van der Waals surface area contributed by atoms with Crippen molar-refractivity contribution in [3.8, 4) is 0 Å². The lowest BCUT2D eigenvalue weighted by molar-refractivity contribution is 0.136. The van der Waals surface area contributed by atoms with Crippen LogP contribution in [-0.4, -0.2) is 13.0 Å². The highest BCUT2D eigenvalue weighted by Gasteiger charge is 2.48. The number of benzene rings is 1. The first kappa shape index (κ1) is 11.7. The summed E-state index contributed by atoms with van der Waals surface area (Å²) >= 11 is 0. The van der Waals surface area contributed by atoms with Crippen molar-refractivity contribution < 1.29 is 13.0 Å². The minimum atomic E-state index is -4.08. The van der Waals surface area contributed by atoms with Gasteiger partial charge >= 0.3 is 0 Å². The van der Waals surface area contributed by atoms with Gasteiger partial charge in [-0.15, -0.1) is 0 Å². The van der Waals surface area contributed by atoms with Crippen LogP contribution in [0.4, 0.5) is 0 Å². The molecule has 0 saturated heterocycles. The van der Waals surface area contributed by atoms with Gasteiger partial charge in [-0.05, 0) is 66.7 Å². The van der Waals surface area contributed by atoms with Crippen LogP contribution in [0.15, 0.2) is 34.7 Å². The SMILES string of the molecule is O=S(=O)(O)c1ccc(C2=C3C4CC(C2)CC3C4)cc1. The topological polar surface area (TPSA) is 54.4 Å². The minimum Gasteiger partial charge on any atom is -0.282 e. The van der Waals surface area contributed by atoms with Crippen molar-refractivity contribution in [1.82, 2.24) is 0 Å². The van der Waals surface area contributed by atoms with Gasteiger partial charge in [0.2, 0.25) is 0 Å². The van der Waals surface area contributed by atoms with Gasteiger partial charge in [0.15, 0.2) is 0 Å². The zero-order chi connectivity index (χ0) is 13.2. The van der Waals surface area contributed by atoms with Crippen LogP contribution in [0.25, 0.3) is 5.57 Å². The number of fused-ring (bicyclic) bond motifs is 1. The molecular weight excluding hydrogens is 260 g/mol. The molecule has 1 N–H and O–H groups in total. The van der Waals surface area contributed by atoms with E-state index in [1.54, 1.807) is 5.57 Å². The Morgan fingerprint density at radius 1 is 1.00 bits per heavy atom. The summed E-state index contributed by atoms with van der Waals surface area (Å²) in [7, 11) is -4.08. The molecule has 5 aliphatic carbocycles. The monoisotopic (exact) mass is 276 g/mol. The van der Waals surface area contributed by atoms with Gasteiger partial charge in [-0.25, -0.2) is 0 Å². The molecule has 4 bridgehead atoms. The van der Waals surface area contributed by atoms with E-state index in [1.165, 1.54) is 37.0 Å². The maximum absolute atomic E-state index is 11.1. The minimum absolute atomic E-state index is 0.0204. The van der Waals surface area contributed by atoms with E-state index in [0.29, 0.717) is 0 Å². The van der Waals surface area contributed by atoms with E-state index in [4.69, 9.17) is 4.55 Å². The summed E-state index contributed by atoms with van der Waals surface area (Å²) in [5, 5.41) is 0. The Hall–Kier alpha value is -1.13. The molecule has 2 unspecified atom stereocenters. The Kier molecular flexibility index (Phi) is 2.28. The molecule has 2 atom stereocenters. The molecule has 3 saturated carbocycles. The molecule has 1 aromatic carbocycles. The third-order valence-electron chi connectivity index (χ3n) is 5.03. The molecule has 100 valence electrons. The number of allylic oxidation sites excluding steroid dienone is 2. The first-order valence-corrected chi connectivity index (χ1v) is 8.27. The van der Waals surface area contributed by atoms with Crippen LogP contribution in [0.3, 0.4) is 0 Å². The first-order chi connectivity index (χ1) is 9.02. The average Bonchev–Trinajstić information content (AvgIpc) is 2.37. The number of hydrogen-bond donors (Lipinski definition) is 1. The third kappa shape index (κ3) is 1.70. The normalized spacial score (nSPS) is 32.4. The van der Waals surface area contributed by atoms with Gasteiger partial charge in [-0.2, -0.15) is 8.42 Å².